The molecule has 0 saturated carbocycles. The molecule has 0 fully saturated rings. The van der Waals surface area contributed by atoms with Gasteiger partial charge in [-0.15, -0.1) is 0 Å². The third-order valence-corrected chi connectivity index (χ3v) is 3.34. The predicted molar refractivity (Wildman–Crippen MR) is 67.7 cm³/mol. The van der Waals surface area contributed by atoms with E-state index in [9.17, 15) is 4.79 Å². The van der Waals surface area contributed by atoms with Crippen LogP contribution in [0.4, 0.5) is 0 Å². The summed E-state index contributed by atoms with van der Waals surface area (Å²) >= 11 is 3.38. The lowest BCUT2D eigenvalue weighted by Gasteiger charge is -2.08. The zero-order valence-electron chi connectivity index (χ0n) is 9.44. The molecule has 17 heavy (non-hydrogen) atoms. The summed E-state index contributed by atoms with van der Waals surface area (Å²) in [4.78, 5) is 15.0. The van der Waals surface area contributed by atoms with Crippen LogP contribution < -0.4 is 0 Å². The fourth-order valence-electron chi connectivity index (χ4n) is 1.58. The Morgan fingerprint density at radius 2 is 2.12 bits per heavy atom. The van der Waals surface area contributed by atoms with Gasteiger partial charge < -0.3 is 9.67 Å². The first-order valence-corrected chi connectivity index (χ1v) is 5.83. The summed E-state index contributed by atoms with van der Waals surface area (Å²) in [6.07, 6.45) is 1.73. The van der Waals surface area contributed by atoms with Crippen molar-refractivity contribution in [3.05, 3.63) is 46.0 Å². The van der Waals surface area contributed by atoms with Gasteiger partial charge in [0.1, 0.15) is 0 Å². The van der Waals surface area contributed by atoms with Crippen molar-refractivity contribution in [2.24, 2.45) is 0 Å². The van der Waals surface area contributed by atoms with Crippen LogP contribution in [0.1, 0.15) is 21.7 Å². The summed E-state index contributed by atoms with van der Waals surface area (Å²) in [7, 11) is 0. The van der Waals surface area contributed by atoms with Gasteiger partial charge in [0.2, 0.25) is 0 Å². The molecule has 88 valence electrons. The van der Waals surface area contributed by atoms with Crippen molar-refractivity contribution in [2.75, 3.05) is 0 Å². The van der Waals surface area contributed by atoms with Gasteiger partial charge in [-0.2, -0.15) is 0 Å². The van der Waals surface area contributed by atoms with Gasteiger partial charge in [-0.25, -0.2) is 9.78 Å². The number of nitrogens with zero attached hydrogens (tertiary/aromatic N) is 2. The Hall–Kier alpha value is -1.62. The Bertz CT molecular complexity index is 590. The van der Waals surface area contributed by atoms with Gasteiger partial charge in [0.05, 0.1) is 23.3 Å². The van der Waals surface area contributed by atoms with Gasteiger partial charge in [-0.05, 0) is 48.0 Å². The SMILES string of the molecule is Cc1ncn(-c2ccc(C(=O)O)cc2Br)c1C. The normalized spacial score (nSPS) is 10.5. The average Bonchev–Trinajstić information content (AvgIpc) is 2.60. The number of aryl methyl sites for hydroxylation is 1. The van der Waals surface area contributed by atoms with Crippen LogP contribution in [-0.2, 0) is 0 Å². The van der Waals surface area contributed by atoms with Crippen molar-refractivity contribution in [3.63, 3.8) is 0 Å². The highest BCUT2D eigenvalue weighted by Crippen LogP contribution is 2.24. The largest absolute Gasteiger partial charge is 0.478 e. The van der Waals surface area contributed by atoms with Gasteiger partial charge in [0.15, 0.2) is 0 Å². The molecule has 2 aromatic rings. The Balaban J connectivity index is 2.54. The molecule has 1 aromatic heterocycles. The molecule has 0 aliphatic heterocycles. The van der Waals surface area contributed by atoms with Crippen LogP contribution in [0.5, 0.6) is 0 Å². The maximum Gasteiger partial charge on any atom is 0.335 e. The molecule has 5 heteroatoms. The number of aromatic carboxylic acids is 1. The standard InChI is InChI=1S/C12H11BrN2O2/c1-7-8(2)15(6-14-7)11-4-3-9(12(16)17)5-10(11)13/h3-6H,1-2H3,(H,16,17). The van der Waals surface area contributed by atoms with Crippen molar-refractivity contribution < 1.29 is 9.90 Å². The monoisotopic (exact) mass is 294 g/mol. The Labute approximate surface area is 107 Å². The zero-order valence-corrected chi connectivity index (χ0v) is 11.0. The molecule has 0 amide bonds. The molecule has 1 aromatic carbocycles. The third kappa shape index (κ3) is 2.10. The van der Waals surface area contributed by atoms with Crippen molar-refractivity contribution in [2.45, 2.75) is 13.8 Å². The lowest BCUT2D eigenvalue weighted by molar-refractivity contribution is 0.0697. The fourth-order valence-corrected chi connectivity index (χ4v) is 2.15. The van der Waals surface area contributed by atoms with Crippen LogP contribution in [0.25, 0.3) is 5.69 Å². The highest BCUT2D eigenvalue weighted by molar-refractivity contribution is 9.10. The molecule has 0 bridgehead atoms. The molecule has 0 unspecified atom stereocenters. The number of carbonyl (C=O) groups is 1. The highest BCUT2D eigenvalue weighted by Gasteiger charge is 2.10. The molecule has 1 heterocycles. The molecule has 0 aliphatic carbocycles. The van der Waals surface area contributed by atoms with E-state index in [-0.39, 0.29) is 5.56 Å². The molecule has 0 saturated heterocycles. The number of carboxylic acids is 1. The van der Waals surface area contributed by atoms with E-state index in [0.29, 0.717) is 0 Å². The molecule has 0 aliphatic rings. The molecule has 1 N–H and O–H groups in total. The van der Waals surface area contributed by atoms with E-state index in [1.807, 2.05) is 18.4 Å². The van der Waals surface area contributed by atoms with E-state index in [2.05, 4.69) is 20.9 Å². The summed E-state index contributed by atoms with van der Waals surface area (Å²) in [6, 6.07) is 4.94. The van der Waals surface area contributed by atoms with Gasteiger partial charge in [-0.1, -0.05) is 0 Å². The van der Waals surface area contributed by atoms with E-state index in [0.717, 1.165) is 21.5 Å². The van der Waals surface area contributed by atoms with Crippen molar-refractivity contribution in [1.29, 1.82) is 0 Å². The lowest BCUT2D eigenvalue weighted by Crippen LogP contribution is -2.00. The highest BCUT2D eigenvalue weighted by atomic mass is 79.9. The first-order chi connectivity index (χ1) is 8.00. The molecule has 0 atom stereocenters. The van der Waals surface area contributed by atoms with E-state index in [1.165, 1.54) is 0 Å². The summed E-state index contributed by atoms with van der Waals surface area (Å²) in [5.41, 5.74) is 3.14. The van der Waals surface area contributed by atoms with Gasteiger partial charge >= 0.3 is 5.97 Å². The number of hydrogen-bond donors (Lipinski definition) is 1. The second kappa shape index (κ2) is 4.33. The van der Waals surface area contributed by atoms with Gasteiger partial charge in [-0.3, -0.25) is 0 Å². The number of rotatable bonds is 2. The molecule has 0 spiro atoms. The number of halogens is 1. The Morgan fingerprint density at radius 3 is 2.59 bits per heavy atom. The van der Waals surface area contributed by atoms with E-state index in [1.54, 1.807) is 24.5 Å². The zero-order chi connectivity index (χ0) is 12.6. The molecule has 2 rings (SSSR count). The van der Waals surface area contributed by atoms with Crippen LogP contribution in [0.15, 0.2) is 29.0 Å². The number of aromatic nitrogens is 2. The molecule has 0 radical (unpaired) electrons. The summed E-state index contributed by atoms with van der Waals surface area (Å²) < 4.78 is 2.66. The quantitative estimate of drug-likeness (QED) is 0.926. The second-order valence-corrected chi connectivity index (χ2v) is 4.61. The molecular formula is C12H11BrN2O2. The van der Waals surface area contributed by atoms with E-state index in [4.69, 9.17) is 5.11 Å². The number of benzene rings is 1. The minimum Gasteiger partial charge on any atom is -0.478 e. The number of imidazole rings is 1. The van der Waals surface area contributed by atoms with Crippen LogP contribution >= 0.6 is 15.9 Å². The Morgan fingerprint density at radius 1 is 1.41 bits per heavy atom. The van der Waals surface area contributed by atoms with Crippen LogP contribution in [-0.4, -0.2) is 20.6 Å². The van der Waals surface area contributed by atoms with Crippen LogP contribution in [0.2, 0.25) is 0 Å². The summed E-state index contributed by atoms with van der Waals surface area (Å²) in [5.74, 6) is -0.934. The topological polar surface area (TPSA) is 55.1 Å². The minimum atomic E-state index is -0.934. The van der Waals surface area contributed by atoms with Crippen LogP contribution in [0, 0.1) is 13.8 Å². The minimum absolute atomic E-state index is 0.259. The second-order valence-electron chi connectivity index (χ2n) is 3.76. The smallest absolute Gasteiger partial charge is 0.335 e. The maximum absolute atomic E-state index is 10.8. The van der Waals surface area contributed by atoms with E-state index < -0.39 is 5.97 Å². The average molecular weight is 295 g/mol. The number of carboxylic acid groups (broad SMARTS) is 1. The van der Waals surface area contributed by atoms with Crippen molar-refractivity contribution in [1.82, 2.24) is 9.55 Å². The fraction of sp³-hybridized carbons (Fsp3) is 0.167. The predicted octanol–water partition coefficient (Wildman–Crippen LogP) is 2.95. The first kappa shape index (κ1) is 11.9. The van der Waals surface area contributed by atoms with Crippen molar-refractivity contribution >= 4 is 21.9 Å². The molecular weight excluding hydrogens is 284 g/mol. The first-order valence-electron chi connectivity index (χ1n) is 5.04. The maximum atomic E-state index is 10.8. The van der Waals surface area contributed by atoms with E-state index >= 15 is 0 Å². The summed E-state index contributed by atoms with van der Waals surface area (Å²) in [5, 5.41) is 8.89. The van der Waals surface area contributed by atoms with Crippen molar-refractivity contribution in [3.8, 4) is 5.69 Å². The van der Waals surface area contributed by atoms with Crippen LogP contribution in [0.3, 0.4) is 0 Å². The lowest BCUT2D eigenvalue weighted by atomic mass is 10.2. The summed E-state index contributed by atoms with van der Waals surface area (Å²) in [6.45, 7) is 3.91. The third-order valence-electron chi connectivity index (χ3n) is 2.71. The molecule has 4 nitrogen and oxygen atoms in total. The Kier molecular flexibility index (Phi) is 3.02. The van der Waals surface area contributed by atoms with Gasteiger partial charge in [0, 0.05) is 10.2 Å². The van der Waals surface area contributed by atoms with Gasteiger partial charge in [0.25, 0.3) is 0 Å². The number of hydrogen-bond acceptors (Lipinski definition) is 2.